The molecule has 1 unspecified atom stereocenters. The zero-order chi connectivity index (χ0) is 28.1. The molecule has 0 spiro atoms. The Balaban J connectivity index is 0.000000448. The Bertz CT molecular complexity index is 1120. The lowest BCUT2D eigenvalue weighted by Gasteiger charge is -2.47. The molecule has 1 saturated heterocycles. The largest absolute Gasteiger partial charge is 0.466 e. The van der Waals surface area contributed by atoms with Crippen LogP contribution in [0.2, 0.25) is 0 Å². The van der Waals surface area contributed by atoms with Gasteiger partial charge >= 0.3 is 11.9 Å². The zero-order valence-electron chi connectivity index (χ0n) is 24.2. The number of carbonyl (C=O) groups is 2. The molecule has 0 radical (unpaired) electrons. The predicted molar refractivity (Wildman–Crippen MR) is 153 cm³/mol. The van der Waals surface area contributed by atoms with Gasteiger partial charge in [-0.2, -0.15) is 0 Å². The molecule has 39 heavy (non-hydrogen) atoms. The van der Waals surface area contributed by atoms with Gasteiger partial charge in [-0.05, 0) is 98.0 Å². The molecule has 1 aromatic carbocycles. The number of cyclic esters (lactones) is 1. The van der Waals surface area contributed by atoms with Gasteiger partial charge in [-0.15, -0.1) is 0 Å². The van der Waals surface area contributed by atoms with Crippen LogP contribution in [0, 0.1) is 47.2 Å². The first-order chi connectivity index (χ1) is 18.7. The third-order valence-corrected chi connectivity index (χ3v) is 9.24. The van der Waals surface area contributed by atoms with Crippen LogP contribution in [-0.4, -0.2) is 24.6 Å². The highest BCUT2D eigenvalue weighted by Gasteiger charge is 2.54. The number of rotatable bonds is 5. The van der Waals surface area contributed by atoms with Crippen molar-refractivity contribution in [3.05, 3.63) is 65.5 Å². The molecule has 3 fully saturated rings. The maximum absolute atomic E-state index is 13.7. The van der Waals surface area contributed by atoms with E-state index in [9.17, 15) is 14.0 Å². The van der Waals surface area contributed by atoms with Crippen molar-refractivity contribution in [2.45, 2.75) is 79.2 Å². The average Bonchev–Trinajstić information content (AvgIpc) is 3.19. The molecule has 4 nitrogen and oxygen atoms in total. The Kier molecular flexibility index (Phi) is 9.85. The van der Waals surface area contributed by atoms with Crippen LogP contribution in [0.25, 0.3) is 5.57 Å². The lowest BCUT2D eigenvalue weighted by atomic mass is 9.56. The molecule has 2 saturated carbocycles. The number of benzene rings is 1. The zero-order valence-corrected chi connectivity index (χ0v) is 24.2. The second kappa shape index (κ2) is 13.1. The number of carbonyl (C=O) groups excluding carboxylic acids is 2. The van der Waals surface area contributed by atoms with E-state index >= 15 is 0 Å². The van der Waals surface area contributed by atoms with Crippen LogP contribution in [0.5, 0.6) is 0 Å². The van der Waals surface area contributed by atoms with Gasteiger partial charge in [-0.3, -0.25) is 9.59 Å². The summed E-state index contributed by atoms with van der Waals surface area (Å²) in [5, 5.41) is 0. The van der Waals surface area contributed by atoms with Gasteiger partial charge in [0.05, 0.1) is 12.5 Å². The third-order valence-electron chi connectivity index (χ3n) is 9.24. The van der Waals surface area contributed by atoms with Crippen molar-refractivity contribution in [3.63, 3.8) is 0 Å². The van der Waals surface area contributed by atoms with Gasteiger partial charge in [0.2, 0.25) is 0 Å². The molecule has 1 aliphatic heterocycles. The molecular weight excluding hydrogens is 491 g/mol. The van der Waals surface area contributed by atoms with Crippen LogP contribution >= 0.6 is 0 Å². The van der Waals surface area contributed by atoms with Crippen molar-refractivity contribution < 1.29 is 23.5 Å². The summed E-state index contributed by atoms with van der Waals surface area (Å²) < 4.78 is 24.0. The molecule has 3 aliphatic carbocycles. The number of esters is 2. The van der Waals surface area contributed by atoms with Crippen LogP contribution in [0.3, 0.4) is 0 Å². The molecule has 212 valence electrons. The Morgan fingerprint density at radius 3 is 2.59 bits per heavy atom. The maximum Gasteiger partial charge on any atom is 0.309 e. The number of fused-ring (bicyclic) bond motifs is 2. The molecule has 0 amide bonds. The Hall–Kier alpha value is -2.69. The molecule has 8 atom stereocenters. The Labute approximate surface area is 233 Å². The molecular formula is C34H45FO4. The first-order valence-corrected chi connectivity index (χ1v) is 14.9. The summed E-state index contributed by atoms with van der Waals surface area (Å²) in [4.78, 5) is 22.8. The molecule has 5 rings (SSSR count). The van der Waals surface area contributed by atoms with E-state index in [0.29, 0.717) is 42.6 Å². The van der Waals surface area contributed by atoms with E-state index in [4.69, 9.17) is 4.74 Å². The highest BCUT2D eigenvalue weighted by Crippen LogP contribution is 2.54. The minimum atomic E-state index is -0.184. The number of hydrogen-bond donors (Lipinski definition) is 0. The Morgan fingerprint density at radius 1 is 1.13 bits per heavy atom. The van der Waals surface area contributed by atoms with Gasteiger partial charge in [-0.25, -0.2) is 4.39 Å². The number of allylic oxidation sites excluding steroid dienone is 6. The molecule has 5 heteroatoms. The second-order valence-electron chi connectivity index (χ2n) is 12.0. The second-order valence-corrected chi connectivity index (χ2v) is 12.0. The first-order valence-electron chi connectivity index (χ1n) is 14.9. The average molecular weight is 537 g/mol. The summed E-state index contributed by atoms with van der Waals surface area (Å²) in [5.74, 6) is 2.95. The summed E-state index contributed by atoms with van der Waals surface area (Å²) >= 11 is 0. The van der Waals surface area contributed by atoms with E-state index < -0.39 is 0 Å². The van der Waals surface area contributed by atoms with Crippen LogP contribution in [-0.2, 0) is 19.1 Å². The predicted octanol–water partition coefficient (Wildman–Crippen LogP) is 7.94. The van der Waals surface area contributed by atoms with E-state index in [1.807, 2.05) is 6.07 Å². The quantitative estimate of drug-likeness (QED) is 0.359. The summed E-state index contributed by atoms with van der Waals surface area (Å²) in [5.41, 5.74) is 3.49. The lowest BCUT2D eigenvalue weighted by Crippen LogP contribution is -2.43. The number of halogens is 1. The van der Waals surface area contributed by atoms with Gasteiger partial charge in [0.25, 0.3) is 0 Å². The van der Waals surface area contributed by atoms with Crippen molar-refractivity contribution in [1.82, 2.24) is 0 Å². The highest BCUT2D eigenvalue weighted by atomic mass is 19.1. The van der Waals surface area contributed by atoms with Crippen LogP contribution < -0.4 is 0 Å². The van der Waals surface area contributed by atoms with Gasteiger partial charge in [0.1, 0.15) is 11.9 Å². The fraction of sp³-hybridized carbons (Fsp3) is 0.588. The van der Waals surface area contributed by atoms with Crippen LogP contribution in [0.15, 0.2) is 54.1 Å². The van der Waals surface area contributed by atoms with Crippen molar-refractivity contribution >= 4 is 17.5 Å². The van der Waals surface area contributed by atoms with Crippen molar-refractivity contribution in [2.75, 3.05) is 6.61 Å². The minimum Gasteiger partial charge on any atom is -0.466 e. The van der Waals surface area contributed by atoms with E-state index in [2.05, 4.69) is 49.8 Å². The topological polar surface area (TPSA) is 52.6 Å². The molecule has 0 N–H and O–H groups in total. The van der Waals surface area contributed by atoms with Crippen molar-refractivity contribution in [1.29, 1.82) is 0 Å². The lowest BCUT2D eigenvalue weighted by molar-refractivity contribution is -0.144. The number of hydrogen-bond acceptors (Lipinski definition) is 4. The SMILES string of the molecule is CC1CC(/C=C/[C@H]2[C@H]3CC[C@H](C)C[C@H]3C[C@@H]3C(=O)O[C@H](C)[C@H]23)=CC=C1c1cccc(F)c1.CCOC(=O)CC. The molecule has 4 aliphatic rings. The molecule has 1 heterocycles. The normalized spacial score (nSPS) is 33.6. The monoisotopic (exact) mass is 536 g/mol. The van der Waals surface area contributed by atoms with Gasteiger partial charge < -0.3 is 9.47 Å². The van der Waals surface area contributed by atoms with Crippen molar-refractivity contribution in [2.24, 2.45) is 41.4 Å². The summed E-state index contributed by atoms with van der Waals surface area (Å²) in [6, 6.07) is 6.90. The summed E-state index contributed by atoms with van der Waals surface area (Å²) in [7, 11) is 0. The summed E-state index contributed by atoms with van der Waals surface area (Å²) in [6.45, 7) is 10.7. The minimum absolute atomic E-state index is 0.0150. The fourth-order valence-electron chi connectivity index (χ4n) is 7.41. The van der Waals surface area contributed by atoms with E-state index in [1.165, 1.54) is 36.5 Å². The van der Waals surface area contributed by atoms with Crippen LogP contribution in [0.4, 0.5) is 4.39 Å². The van der Waals surface area contributed by atoms with Gasteiger partial charge in [-0.1, -0.05) is 63.6 Å². The van der Waals surface area contributed by atoms with Gasteiger partial charge in [0.15, 0.2) is 0 Å². The third kappa shape index (κ3) is 6.91. The fourth-order valence-corrected chi connectivity index (χ4v) is 7.41. The standard InChI is InChI=1S/C29H35FO2.C5H10O2/c1-17-7-10-25-22(13-17)16-27-28(19(3)32-29(27)31)26(25)12-9-20-8-11-24(18(2)14-20)21-5-4-6-23(30)15-21;1-3-5(6)7-4-2/h4-6,8-9,11-12,15,17-19,22,25-28H,7,10,13-14,16H2,1-3H3;3-4H2,1-2H3/b12-9+;/t17-,18?,19+,22-,25-,26-,27-,28+;/m0./s1. The molecule has 0 bridgehead atoms. The van der Waals surface area contributed by atoms with Crippen LogP contribution in [0.1, 0.15) is 78.7 Å². The molecule has 1 aromatic rings. The van der Waals surface area contributed by atoms with Crippen molar-refractivity contribution in [3.8, 4) is 0 Å². The maximum atomic E-state index is 13.7. The van der Waals surface area contributed by atoms with E-state index in [1.54, 1.807) is 26.0 Å². The molecule has 0 aromatic heterocycles. The smallest absolute Gasteiger partial charge is 0.309 e. The van der Waals surface area contributed by atoms with E-state index in [0.717, 1.165) is 24.3 Å². The Morgan fingerprint density at radius 2 is 1.92 bits per heavy atom. The van der Waals surface area contributed by atoms with E-state index in [-0.39, 0.29) is 29.8 Å². The highest BCUT2D eigenvalue weighted by molar-refractivity contribution is 5.75. The first kappa shape index (κ1) is 29.3. The summed E-state index contributed by atoms with van der Waals surface area (Å²) in [6.07, 6.45) is 15.4. The number of ether oxygens (including phenoxy) is 2. The van der Waals surface area contributed by atoms with Gasteiger partial charge in [0, 0.05) is 12.3 Å².